The van der Waals surface area contributed by atoms with Crippen LogP contribution in [0.5, 0.6) is 0 Å². The van der Waals surface area contributed by atoms with Crippen LogP contribution in [-0.2, 0) is 6.54 Å². The summed E-state index contributed by atoms with van der Waals surface area (Å²) in [4.78, 5) is 11.6. The average molecular weight is 531 g/mol. The Hall–Kier alpha value is -2.62. The number of nitrogens with zero attached hydrogens (tertiary/aromatic N) is 5. The van der Waals surface area contributed by atoms with E-state index in [0.717, 1.165) is 43.4 Å². The molecular weight excluding hydrogens is 501 g/mol. The molecule has 1 fully saturated rings. The lowest BCUT2D eigenvalue weighted by molar-refractivity contribution is 0.649. The van der Waals surface area contributed by atoms with E-state index in [1.807, 2.05) is 24.4 Å². The van der Waals surface area contributed by atoms with Crippen molar-refractivity contribution in [1.29, 1.82) is 0 Å². The van der Waals surface area contributed by atoms with E-state index in [1.54, 1.807) is 17.1 Å². The summed E-state index contributed by atoms with van der Waals surface area (Å²) in [6.45, 7) is 7.66. The van der Waals surface area contributed by atoms with Gasteiger partial charge in [-0.2, -0.15) is 5.10 Å². The molecule has 2 aromatic heterocycles. The molecule has 4 rings (SSSR count). The summed E-state index contributed by atoms with van der Waals surface area (Å²) in [6, 6.07) is 15.0. The van der Waals surface area contributed by atoms with Gasteiger partial charge in [0.15, 0.2) is 11.8 Å². The highest BCUT2D eigenvalue weighted by atomic mass is 127. The van der Waals surface area contributed by atoms with Gasteiger partial charge in [0.1, 0.15) is 0 Å². The largest absolute Gasteiger partial charge is 0.369 e. The number of guanidine groups is 1. The number of rotatable bonds is 6. The fourth-order valence-corrected chi connectivity index (χ4v) is 3.64. The van der Waals surface area contributed by atoms with Gasteiger partial charge in [-0.05, 0) is 56.2 Å². The zero-order valence-electron chi connectivity index (χ0n) is 18.0. The standard InChI is InChI=1S/C23H29N7.HI/c1-3-24-23(26-16-19-9-12-25-22(15-19)30-13-4-11-27-30)28-20-10-14-29(17-20)21-7-5-18(2)6-8-21;/h4-9,11-13,15,20H,3,10,14,16-17H2,1-2H3,(H2,24,26,28);1H. The third-order valence-corrected chi connectivity index (χ3v) is 5.24. The van der Waals surface area contributed by atoms with Crippen LogP contribution in [-0.4, -0.2) is 46.4 Å². The van der Waals surface area contributed by atoms with Gasteiger partial charge in [0, 0.05) is 50.0 Å². The molecule has 2 N–H and O–H groups in total. The maximum absolute atomic E-state index is 4.80. The summed E-state index contributed by atoms with van der Waals surface area (Å²) in [6.07, 6.45) is 6.54. The minimum absolute atomic E-state index is 0. The van der Waals surface area contributed by atoms with Crippen LogP contribution in [0.1, 0.15) is 24.5 Å². The highest BCUT2D eigenvalue weighted by molar-refractivity contribution is 14.0. The number of anilines is 1. The summed E-state index contributed by atoms with van der Waals surface area (Å²) in [5.74, 6) is 1.65. The summed E-state index contributed by atoms with van der Waals surface area (Å²) >= 11 is 0. The van der Waals surface area contributed by atoms with Crippen molar-refractivity contribution >= 4 is 35.6 Å². The van der Waals surface area contributed by atoms with E-state index < -0.39 is 0 Å². The highest BCUT2D eigenvalue weighted by Gasteiger charge is 2.23. The predicted octanol–water partition coefficient (Wildman–Crippen LogP) is 3.53. The van der Waals surface area contributed by atoms with Crippen molar-refractivity contribution in [3.8, 4) is 5.82 Å². The minimum Gasteiger partial charge on any atom is -0.369 e. The van der Waals surface area contributed by atoms with Gasteiger partial charge in [-0.25, -0.2) is 14.7 Å². The number of nitrogens with one attached hydrogen (secondary N) is 2. The Labute approximate surface area is 201 Å². The second-order valence-electron chi connectivity index (χ2n) is 7.58. The first-order chi connectivity index (χ1) is 14.7. The van der Waals surface area contributed by atoms with Crippen LogP contribution in [0.25, 0.3) is 5.82 Å². The predicted molar refractivity (Wildman–Crippen MR) is 137 cm³/mol. The van der Waals surface area contributed by atoms with Crippen molar-refractivity contribution in [1.82, 2.24) is 25.4 Å². The summed E-state index contributed by atoms with van der Waals surface area (Å²) in [5, 5.41) is 11.2. The summed E-state index contributed by atoms with van der Waals surface area (Å²) in [5.41, 5.74) is 3.68. The van der Waals surface area contributed by atoms with Gasteiger partial charge in [-0.15, -0.1) is 24.0 Å². The molecule has 0 aliphatic carbocycles. The van der Waals surface area contributed by atoms with E-state index in [9.17, 15) is 0 Å². The molecule has 7 nitrogen and oxygen atoms in total. The normalized spacial score (nSPS) is 16.1. The molecule has 0 saturated carbocycles. The molecule has 1 aromatic carbocycles. The van der Waals surface area contributed by atoms with Gasteiger partial charge < -0.3 is 15.5 Å². The monoisotopic (exact) mass is 531 g/mol. The zero-order valence-corrected chi connectivity index (χ0v) is 20.4. The lowest BCUT2D eigenvalue weighted by Crippen LogP contribution is -2.44. The molecule has 1 saturated heterocycles. The number of benzene rings is 1. The fraction of sp³-hybridized carbons (Fsp3) is 0.348. The molecule has 0 amide bonds. The first kappa shape index (κ1) is 23.1. The van der Waals surface area contributed by atoms with Gasteiger partial charge in [0.25, 0.3) is 0 Å². The van der Waals surface area contributed by atoms with Gasteiger partial charge in [-0.1, -0.05) is 17.7 Å². The lowest BCUT2D eigenvalue weighted by Gasteiger charge is -2.20. The number of hydrogen-bond acceptors (Lipinski definition) is 4. The van der Waals surface area contributed by atoms with Crippen LogP contribution in [0.4, 0.5) is 5.69 Å². The van der Waals surface area contributed by atoms with Crippen molar-refractivity contribution < 1.29 is 0 Å². The van der Waals surface area contributed by atoms with E-state index in [-0.39, 0.29) is 24.0 Å². The smallest absolute Gasteiger partial charge is 0.191 e. The molecule has 0 spiro atoms. The Balaban J connectivity index is 0.00000272. The van der Waals surface area contributed by atoms with E-state index >= 15 is 0 Å². The van der Waals surface area contributed by atoms with Crippen molar-refractivity contribution in [3.05, 3.63) is 72.2 Å². The molecule has 1 aliphatic heterocycles. The van der Waals surface area contributed by atoms with Crippen LogP contribution < -0.4 is 15.5 Å². The first-order valence-corrected chi connectivity index (χ1v) is 10.5. The molecule has 1 unspecified atom stereocenters. The van der Waals surface area contributed by atoms with E-state index in [4.69, 9.17) is 4.99 Å². The van der Waals surface area contributed by atoms with Crippen LogP contribution in [0.2, 0.25) is 0 Å². The van der Waals surface area contributed by atoms with Crippen molar-refractivity contribution in [2.45, 2.75) is 32.9 Å². The lowest BCUT2D eigenvalue weighted by atomic mass is 10.2. The third-order valence-electron chi connectivity index (χ3n) is 5.24. The molecule has 3 aromatic rings. The second kappa shape index (κ2) is 11.1. The Morgan fingerprint density at radius 1 is 1.19 bits per heavy atom. The summed E-state index contributed by atoms with van der Waals surface area (Å²) in [7, 11) is 0. The molecule has 1 atom stereocenters. The van der Waals surface area contributed by atoms with Crippen LogP contribution >= 0.6 is 24.0 Å². The zero-order chi connectivity index (χ0) is 20.8. The fourth-order valence-electron chi connectivity index (χ4n) is 3.64. The van der Waals surface area contributed by atoms with Gasteiger partial charge >= 0.3 is 0 Å². The third kappa shape index (κ3) is 6.19. The second-order valence-corrected chi connectivity index (χ2v) is 7.58. The Morgan fingerprint density at radius 2 is 2.03 bits per heavy atom. The van der Waals surface area contributed by atoms with Gasteiger partial charge in [-0.3, -0.25) is 0 Å². The van der Waals surface area contributed by atoms with Gasteiger partial charge in [0.2, 0.25) is 0 Å². The number of aryl methyl sites for hydroxylation is 1. The number of pyridine rings is 1. The molecular formula is C23H30IN7. The highest BCUT2D eigenvalue weighted by Crippen LogP contribution is 2.20. The SMILES string of the molecule is CCNC(=NCc1ccnc(-n2cccn2)c1)NC1CCN(c2ccc(C)cc2)C1.I. The molecule has 0 bridgehead atoms. The molecule has 8 heteroatoms. The number of aromatic nitrogens is 3. The van der Waals surface area contributed by atoms with E-state index in [2.05, 4.69) is 63.7 Å². The maximum atomic E-state index is 4.80. The van der Waals surface area contributed by atoms with E-state index in [0.29, 0.717) is 12.6 Å². The average Bonchev–Trinajstić information content (AvgIpc) is 3.46. The van der Waals surface area contributed by atoms with Crippen molar-refractivity contribution in [2.75, 3.05) is 24.5 Å². The molecule has 1 aliphatic rings. The minimum atomic E-state index is 0. The Bertz CT molecular complexity index is 970. The molecule has 164 valence electrons. The van der Waals surface area contributed by atoms with E-state index in [1.165, 1.54) is 11.3 Å². The van der Waals surface area contributed by atoms with Gasteiger partial charge in [0.05, 0.1) is 6.54 Å². The molecule has 31 heavy (non-hydrogen) atoms. The first-order valence-electron chi connectivity index (χ1n) is 10.5. The van der Waals surface area contributed by atoms with Crippen LogP contribution in [0.15, 0.2) is 66.0 Å². The maximum Gasteiger partial charge on any atom is 0.191 e. The number of aliphatic imine (C=N–C) groups is 1. The van der Waals surface area contributed by atoms with Crippen LogP contribution in [0.3, 0.4) is 0 Å². The Morgan fingerprint density at radius 3 is 2.77 bits per heavy atom. The number of halogens is 1. The van der Waals surface area contributed by atoms with Crippen molar-refractivity contribution in [2.24, 2.45) is 4.99 Å². The molecule has 3 heterocycles. The molecule has 0 radical (unpaired) electrons. The quantitative estimate of drug-likeness (QED) is 0.290. The van der Waals surface area contributed by atoms with Crippen LogP contribution in [0, 0.1) is 6.92 Å². The Kier molecular flexibility index (Phi) is 8.27. The van der Waals surface area contributed by atoms with Crippen molar-refractivity contribution in [3.63, 3.8) is 0 Å². The summed E-state index contributed by atoms with van der Waals surface area (Å²) < 4.78 is 1.76. The topological polar surface area (TPSA) is 70.4 Å². The number of hydrogen-bond donors (Lipinski definition) is 2.